The summed E-state index contributed by atoms with van der Waals surface area (Å²) in [4.78, 5) is 5.25. The van der Waals surface area contributed by atoms with Gasteiger partial charge in [0.25, 0.3) is 0 Å². The van der Waals surface area contributed by atoms with Gasteiger partial charge in [-0.15, -0.1) is 11.3 Å². The molecule has 4 rings (SSSR count). The molecule has 0 saturated heterocycles. The molecule has 1 aliphatic rings. The van der Waals surface area contributed by atoms with E-state index >= 15 is 0 Å². The Balaban J connectivity index is 1.70. The maximum atomic E-state index is 4.46. The van der Waals surface area contributed by atoms with Crippen LogP contribution in [0.15, 0.2) is 48.1 Å². The summed E-state index contributed by atoms with van der Waals surface area (Å²) in [7, 11) is 0. The zero-order valence-corrected chi connectivity index (χ0v) is 11.6. The van der Waals surface area contributed by atoms with Crippen molar-refractivity contribution in [1.82, 2.24) is 15.2 Å². The molecule has 1 aliphatic carbocycles. The first-order chi connectivity index (χ1) is 9.92. The van der Waals surface area contributed by atoms with Gasteiger partial charge in [-0.05, 0) is 5.56 Å². The van der Waals surface area contributed by atoms with Gasteiger partial charge in [-0.3, -0.25) is 10.1 Å². The number of fused-ring (bicyclic) bond motifs is 1. The van der Waals surface area contributed by atoms with Crippen molar-refractivity contribution in [3.05, 3.63) is 64.9 Å². The van der Waals surface area contributed by atoms with Crippen molar-refractivity contribution >= 4 is 17.4 Å². The van der Waals surface area contributed by atoms with Gasteiger partial charge in [0.2, 0.25) is 0 Å². The first kappa shape index (κ1) is 11.6. The normalized spacial score (nSPS) is 17.1. The Bertz CT molecular complexity index is 741. The van der Waals surface area contributed by atoms with Crippen LogP contribution in [0.5, 0.6) is 0 Å². The van der Waals surface area contributed by atoms with Crippen molar-refractivity contribution in [1.29, 1.82) is 0 Å². The highest BCUT2D eigenvalue weighted by Gasteiger charge is 2.21. The number of benzene rings is 1. The SMILES string of the molecule is C1=CC(c2ccccc2)Cc2[nH]nc(-c3cncs3)c21. The fourth-order valence-corrected chi connectivity index (χ4v) is 3.30. The lowest BCUT2D eigenvalue weighted by molar-refractivity contribution is 0.794. The molecule has 2 aromatic heterocycles. The molecule has 0 spiro atoms. The van der Waals surface area contributed by atoms with E-state index in [-0.39, 0.29) is 0 Å². The molecule has 0 saturated carbocycles. The average molecular weight is 279 g/mol. The third-order valence-electron chi connectivity index (χ3n) is 3.70. The second kappa shape index (κ2) is 4.72. The van der Waals surface area contributed by atoms with Gasteiger partial charge in [-0.2, -0.15) is 5.10 Å². The van der Waals surface area contributed by atoms with E-state index in [9.17, 15) is 0 Å². The molecule has 1 unspecified atom stereocenters. The van der Waals surface area contributed by atoms with E-state index in [4.69, 9.17) is 0 Å². The Morgan fingerprint density at radius 1 is 1.20 bits per heavy atom. The topological polar surface area (TPSA) is 41.6 Å². The Morgan fingerprint density at radius 3 is 2.90 bits per heavy atom. The number of hydrogen-bond donors (Lipinski definition) is 1. The van der Waals surface area contributed by atoms with Crippen LogP contribution in [0.1, 0.15) is 22.7 Å². The van der Waals surface area contributed by atoms with Gasteiger partial charge >= 0.3 is 0 Å². The minimum Gasteiger partial charge on any atom is -0.281 e. The predicted molar refractivity (Wildman–Crippen MR) is 81.6 cm³/mol. The number of hydrogen-bond acceptors (Lipinski definition) is 3. The highest BCUT2D eigenvalue weighted by Crippen LogP contribution is 2.34. The van der Waals surface area contributed by atoms with Gasteiger partial charge in [0.15, 0.2) is 0 Å². The standard InChI is InChI=1S/C16H13N3S/c1-2-4-11(5-3-1)12-6-7-13-14(8-12)18-19-16(13)15-9-17-10-20-15/h1-7,9-10,12H,8H2,(H,18,19). The second-order valence-electron chi connectivity index (χ2n) is 4.91. The van der Waals surface area contributed by atoms with Gasteiger partial charge in [-0.1, -0.05) is 42.5 Å². The molecule has 2 heterocycles. The van der Waals surface area contributed by atoms with Gasteiger partial charge in [0, 0.05) is 29.8 Å². The van der Waals surface area contributed by atoms with Gasteiger partial charge < -0.3 is 0 Å². The molecule has 0 aliphatic heterocycles. The van der Waals surface area contributed by atoms with Crippen LogP contribution < -0.4 is 0 Å². The summed E-state index contributed by atoms with van der Waals surface area (Å²) in [6.07, 6.45) is 7.31. The molecule has 20 heavy (non-hydrogen) atoms. The number of nitrogens with zero attached hydrogens (tertiary/aromatic N) is 2. The predicted octanol–water partition coefficient (Wildman–Crippen LogP) is 3.89. The first-order valence-corrected chi connectivity index (χ1v) is 7.49. The van der Waals surface area contributed by atoms with E-state index in [0.29, 0.717) is 5.92 Å². The van der Waals surface area contributed by atoms with E-state index in [1.807, 2.05) is 11.7 Å². The maximum Gasteiger partial charge on any atom is 0.111 e. The van der Waals surface area contributed by atoms with Crippen molar-refractivity contribution in [2.24, 2.45) is 0 Å². The summed E-state index contributed by atoms with van der Waals surface area (Å²) >= 11 is 1.62. The lowest BCUT2D eigenvalue weighted by Gasteiger charge is -2.17. The third-order valence-corrected chi connectivity index (χ3v) is 4.48. The van der Waals surface area contributed by atoms with E-state index in [2.05, 4.69) is 57.7 Å². The van der Waals surface area contributed by atoms with Crippen LogP contribution in [-0.4, -0.2) is 15.2 Å². The molecule has 1 N–H and O–H groups in total. The number of aromatic nitrogens is 3. The fraction of sp³-hybridized carbons (Fsp3) is 0.125. The van der Waals surface area contributed by atoms with Crippen molar-refractivity contribution < 1.29 is 0 Å². The lowest BCUT2D eigenvalue weighted by Crippen LogP contribution is -2.05. The maximum absolute atomic E-state index is 4.46. The van der Waals surface area contributed by atoms with Crippen LogP contribution in [0.4, 0.5) is 0 Å². The number of allylic oxidation sites excluding steroid dienone is 1. The fourth-order valence-electron chi connectivity index (χ4n) is 2.67. The minimum absolute atomic E-state index is 0.429. The average Bonchev–Trinajstić information content (AvgIpc) is 3.16. The monoisotopic (exact) mass is 279 g/mol. The van der Waals surface area contributed by atoms with Crippen molar-refractivity contribution in [2.75, 3.05) is 0 Å². The summed E-state index contributed by atoms with van der Waals surface area (Å²) in [5.74, 6) is 0.429. The Hall–Kier alpha value is -2.20. The molecule has 3 aromatic rings. The number of aromatic amines is 1. The van der Waals surface area contributed by atoms with Crippen LogP contribution in [0.2, 0.25) is 0 Å². The Morgan fingerprint density at radius 2 is 2.10 bits per heavy atom. The minimum atomic E-state index is 0.429. The zero-order valence-electron chi connectivity index (χ0n) is 10.8. The highest BCUT2D eigenvalue weighted by atomic mass is 32.1. The molecule has 1 atom stereocenters. The van der Waals surface area contributed by atoms with E-state index in [1.165, 1.54) is 16.8 Å². The van der Waals surface area contributed by atoms with Crippen LogP contribution in [-0.2, 0) is 6.42 Å². The molecular weight excluding hydrogens is 266 g/mol. The van der Waals surface area contributed by atoms with Gasteiger partial charge in [0.05, 0.1) is 10.4 Å². The van der Waals surface area contributed by atoms with Crippen molar-refractivity contribution in [2.45, 2.75) is 12.3 Å². The van der Waals surface area contributed by atoms with E-state index in [0.717, 1.165) is 17.0 Å². The van der Waals surface area contributed by atoms with E-state index in [1.54, 1.807) is 11.3 Å². The molecule has 3 nitrogen and oxygen atoms in total. The van der Waals surface area contributed by atoms with Crippen LogP contribution in [0, 0.1) is 0 Å². The summed E-state index contributed by atoms with van der Waals surface area (Å²) in [6.45, 7) is 0. The molecule has 0 bridgehead atoms. The summed E-state index contributed by atoms with van der Waals surface area (Å²) in [5, 5.41) is 7.65. The number of nitrogens with one attached hydrogen (secondary N) is 1. The lowest BCUT2D eigenvalue weighted by atomic mass is 9.88. The van der Waals surface area contributed by atoms with Crippen LogP contribution >= 0.6 is 11.3 Å². The summed E-state index contributed by atoms with van der Waals surface area (Å²) < 4.78 is 0. The smallest absolute Gasteiger partial charge is 0.111 e. The van der Waals surface area contributed by atoms with E-state index < -0.39 is 0 Å². The second-order valence-corrected chi connectivity index (χ2v) is 5.80. The molecular formula is C16H13N3S. The summed E-state index contributed by atoms with van der Waals surface area (Å²) in [5.41, 5.74) is 6.63. The quantitative estimate of drug-likeness (QED) is 0.773. The molecule has 4 heteroatoms. The van der Waals surface area contributed by atoms with Gasteiger partial charge in [0.1, 0.15) is 5.69 Å². The largest absolute Gasteiger partial charge is 0.281 e. The third kappa shape index (κ3) is 1.89. The van der Waals surface area contributed by atoms with Crippen molar-refractivity contribution in [3.8, 4) is 10.6 Å². The van der Waals surface area contributed by atoms with Crippen LogP contribution in [0.3, 0.4) is 0 Å². The molecule has 0 fully saturated rings. The molecule has 1 aromatic carbocycles. The Kier molecular flexibility index (Phi) is 2.74. The number of rotatable bonds is 2. The van der Waals surface area contributed by atoms with Crippen LogP contribution in [0.25, 0.3) is 16.6 Å². The summed E-state index contributed by atoms with van der Waals surface area (Å²) in [6, 6.07) is 10.6. The number of thiazole rings is 1. The van der Waals surface area contributed by atoms with Gasteiger partial charge in [-0.25, -0.2) is 0 Å². The van der Waals surface area contributed by atoms with Crippen molar-refractivity contribution in [3.63, 3.8) is 0 Å². The highest BCUT2D eigenvalue weighted by molar-refractivity contribution is 7.13. The first-order valence-electron chi connectivity index (χ1n) is 6.61. The molecule has 0 radical (unpaired) electrons. The molecule has 98 valence electrons. The molecule has 0 amide bonds. The zero-order chi connectivity index (χ0) is 13.4. The number of H-pyrrole nitrogens is 1. The Labute approximate surface area is 121 Å².